The summed E-state index contributed by atoms with van der Waals surface area (Å²) in [7, 11) is 0. The van der Waals surface area contributed by atoms with Gasteiger partial charge in [-0.05, 0) is 37.5 Å². The third kappa shape index (κ3) is 2.05. The number of nitrogens with one attached hydrogen (secondary N) is 1. The molecule has 4 heteroatoms. The molecular formula is C15H24N2O2. The molecule has 0 aromatic rings. The standard InChI is InChI=1S/C15H24N2O2/c1-10(2)12-13(18)17(9-11-5-6-11)15(14(19)16-12)7-3-4-8-15/h10-12H,3-9H2,1-2H3,(H,16,19). The minimum atomic E-state index is -0.509. The van der Waals surface area contributed by atoms with E-state index in [0.717, 1.165) is 32.2 Å². The van der Waals surface area contributed by atoms with Crippen molar-refractivity contribution in [3.8, 4) is 0 Å². The Labute approximate surface area is 114 Å². The van der Waals surface area contributed by atoms with Gasteiger partial charge in [-0.25, -0.2) is 0 Å². The molecule has 3 aliphatic rings. The van der Waals surface area contributed by atoms with Crippen LogP contribution in [0.25, 0.3) is 0 Å². The largest absolute Gasteiger partial charge is 0.342 e. The molecular weight excluding hydrogens is 240 g/mol. The van der Waals surface area contributed by atoms with E-state index in [1.54, 1.807) is 0 Å². The van der Waals surface area contributed by atoms with Crippen LogP contribution in [0, 0.1) is 11.8 Å². The first-order valence-corrected chi connectivity index (χ1v) is 7.67. The summed E-state index contributed by atoms with van der Waals surface area (Å²) in [6.45, 7) is 4.81. The van der Waals surface area contributed by atoms with Gasteiger partial charge in [0, 0.05) is 6.54 Å². The molecule has 0 aromatic carbocycles. The van der Waals surface area contributed by atoms with Gasteiger partial charge in [-0.15, -0.1) is 0 Å². The lowest BCUT2D eigenvalue weighted by Gasteiger charge is -2.47. The van der Waals surface area contributed by atoms with Crippen LogP contribution in [-0.4, -0.2) is 34.8 Å². The van der Waals surface area contributed by atoms with Crippen LogP contribution in [0.5, 0.6) is 0 Å². The van der Waals surface area contributed by atoms with Crippen LogP contribution in [0.3, 0.4) is 0 Å². The average Bonchev–Trinajstić information content (AvgIpc) is 3.05. The Morgan fingerprint density at radius 2 is 1.89 bits per heavy atom. The molecule has 4 nitrogen and oxygen atoms in total. The number of hydrogen-bond acceptors (Lipinski definition) is 2. The van der Waals surface area contributed by atoms with Gasteiger partial charge in [0.2, 0.25) is 11.8 Å². The van der Waals surface area contributed by atoms with Gasteiger partial charge in [0.15, 0.2) is 0 Å². The Hall–Kier alpha value is -1.06. The summed E-state index contributed by atoms with van der Waals surface area (Å²) in [4.78, 5) is 27.3. The molecule has 0 aromatic heterocycles. The van der Waals surface area contributed by atoms with Gasteiger partial charge in [0.05, 0.1) is 0 Å². The third-order valence-electron chi connectivity index (χ3n) is 4.99. The Morgan fingerprint density at radius 1 is 1.26 bits per heavy atom. The lowest BCUT2D eigenvalue weighted by molar-refractivity contribution is -0.159. The molecule has 2 amide bonds. The van der Waals surface area contributed by atoms with Crippen molar-refractivity contribution in [3.63, 3.8) is 0 Å². The predicted octanol–water partition coefficient (Wildman–Crippen LogP) is 1.69. The molecule has 0 radical (unpaired) electrons. The maximum atomic E-state index is 12.7. The van der Waals surface area contributed by atoms with Gasteiger partial charge < -0.3 is 10.2 Å². The molecule has 0 bridgehead atoms. The van der Waals surface area contributed by atoms with Crippen molar-refractivity contribution < 1.29 is 9.59 Å². The number of nitrogens with zero attached hydrogens (tertiary/aromatic N) is 1. The number of hydrogen-bond donors (Lipinski definition) is 1. The van der Waals surface area contributed by atoms with Crippen LogP contribution in [0.2, 0.25) is 0 Å². The van der Waals surface area contributed by atoms with Crippen molar-refractivity contribution in [2.75, 3.05) is 6.54 Å². The van der Waals surface area contributed by atoms with E-state index < -0.39 is 5.54 Å². The van der Waals surface area contributed by atoms with E-state index in [1.807, 2.05) is 18.7 Å². The third-order valence-corrected chi connectivity index (χ3v) is 4.99. The smallest absolute Gasteiger partial charge is 0.246 e. The Kier molecular flexibility index (Phi) is 3.06. The van der Waals surface area contributed by atoms with E-state index in [4.69, 9.17) is 0 Å². The second-order valence-electron chi connectivity index (χ2n) is 6.83. The monoisotopic (exact) mass is 264 g/mol. The fourth-order valence-electron chi connectivity index (χ4n) is 3.57. The van der Waals surface area contributed by atoms with Crippen molar-refractivity contribution in [1.82, 2.24) is 10.2 Å². The van der Waals surface area contributed by atoms with Crippen molar-refractivity contribution in [3.05, 3.63) is 0 Å². The van der Waals surface area contributed by atoms with Crippen LogP contribution in [0.15, 0.2) is 0 Å². The second-order valence-corrected chi connectivity index (χ2v) is 6.83. The number of carbonyl (C=O) groups is 2. The first-order chi connectivity index (χ1) is 9.04. The van der Waals surface area contributed by atoms with E-state index in [-0.39, 0.29) is 23.8 Å². The van der Waals surface area contributed by atoms with Crippen molar-refractivity contribution >= 4 is 11.8 Å². The highest BCUT2D eigenvalue weighted by molar-refractivity contribution is 6.00. The van der Waals surface area contributed by atoms with E-state index >= 15 is 0 Å². The SMILES string of the molecule is CC(C)C1NC(=O)C2(CCCC2)N(CC2CC2)C1=O. The lowest BCUT2D eigenvalue weighted by atomic mass is 9.86. The number of rotatable bonds is 3. The zero-order valence-corrected chi connectivity index (χ0v) is 11.9. The highest BCUT2D eigenvalue weighted by Crippen LogP contribution is 2.41. The van der Waals surface area contributed by atoms with Gasteiger partial charge in [0.1, 0.15) is 11.6 Å². The number of piperazine rings is 1. The van der Waals surface area contributed by atoms with Crippen LogP contribution in [0.1, 0.15) is 52.4 Å². The predicted molar refractivity (Wildman–Crippen MR) is 72.4 cm³/mol. The minimum Gasteiger partial charge on any atom is -0.342 e. The van der Waals surface area contributed by atoms with Crippen molar-refractivity contribution in [1.29, 1.82) is 0 Å². The summed E-state index contributed by atoms with van der Waals surface area (Å²) in [5, 5.41) is 2.99. The quantitative estimate of drug-likeness (QED) is 0.843. The maximum Gasteiger partial charge on any atom is 0.246 e. The molecule has 19 heavy (non-hydrogen) atoms. The lowest BCUT2D eigenvalue weighted by Crippen LogP contribution is -2.71. The van der Waals surface area contributed by atoms with Crippen molar-refractivity contribution in [2.24, 2.45) is 11.8 Å². The molecule has 1 saturated heterocycles. The first kappa shape index (κ1) is 12.9. The molecule has 1 spiro atoms. The summed E-state index contributed by atoms with van der Waals surface area (Å²) in [5.41, 5.74) is -0.509. The van der Waals surface area contributed by atoms with Gasteiger partial charge in [-0.3, -0.25) is 9.59 Å². The molecule has 1 atom stereocenters. The number of amides is 2. The van der Waals surface area contributed by atoms with Crippen LogP contribution < -0.4 is 5.32 Å². The van der Waals surface area contributed by atoms with Gasteiger partial charge in [-0.1, -0.05) is 26.7 Å². The van der Waals surface area contributed by atoms with Crippen LogP contribution >= 0.6 is 0 Å². The van der Waals surface area contributed by atoms with E-state index in [9.17, 15) is 9.59 Å². The minimum absolute atomic E-state index is 0.101. The fraction of sp³-hybridized carbons (Fsp3) is 0.867. The summed E-state index contributed by atoms with van der Waals surface area (Å²) >= 11 is 0. The molecule has 1 unspecified atom stereocenters. The maximum absolute atomic E-state index is 12.7. The Morgan fingerprint density at radius 3 is 2.42 bits per heavy atom. The van der Waals surface area contributed by atoms with E-state index in [0.29, 0.717) is 5.92 Å². The normalized spacial score (nSPS) is 30.3. The Balaban J connectivity index is 1.90. The number of carbonyl (C=O) groups excluding carboxylic acids is 2. The molecule has 2 saturated carbocycles. The zero-order chi connectivity index (χ0) is 13.6. The topological polar surface area (TPSA) is 49.4 Å². The van der Waals surface area contributed by atoms with Gasteiger partial charge in [-0.2, -0.15) is 0 Å². The van der Waals surface area contributed by atoms with Gasteiger partial charge >= 0.3 is 0 Å². The van der Waals surface area contributed by atoms with Crippen molar-refractivity contribution in [2.45, 2.75) is 64.0 Å². The second kappa shape index (κ2) is 4.50. The molecule has 3 fully saturated rings. The molecule has 3 rings (SSSR count). The van der Waals surface area contributed by atoms with Gasteiger partial charge in [0.25, 0.3) is 0 Å². The summed E-state index contributed by atoms with van der Waals surface area (Å²) in [6.07, 6.45) is 6.26. The molecule has 1 heterocycles. The van der Waals surface area contributed by atoms with Crippen LogP contribution in [0.4, 0.5) is 0 Å². The first-order valence-electron chi connectivity index (χ1n) is 7.67. The highest BCUT2D eigenvalue weighted by atomic mass is 16.2. The van der Waals surface area contributed by atoms with E-state index in [1.165, 1.54) is 12.8 Å². The highest BCUT2D eigenvalue weighted by Gasteiger charge is 2.54. The fourth-order valence-corrected chi connectivity index (χ4v) is 3.57. The molecule has 106 valence electrons. The Bertz CT molecular complexity index is 395. The summed E-state index contributed by atoms with van der Waals surface area (Å²) < 4.78 is 0. The molecule has 2 aliphatic carbocycles. The average molecular weight is 264 g/mol. The summed E-state index contributed by atoms with van der Waals surface area (Å²) in [5.74, 6) is 1.06. The van der Waals surface area contributed by atoms with E-state index in [2.05, 4.69) is 5.32 Å². The zero-order valence-electron chi connectivity index (χ0n) is 11.9. The molecule has 1 aliphatic heterocycles. The summed E-state index contributed by atoms with van der Waals surface area (Å²) in [6, 6.07) is -0.322. The molecule has 1 N–H and O–H groups in total. The van der Waals surface area contributed by atoms with Crippen LogP contribution in [-0.2, 0) is 9.59 Å².